The summed E-state index contributed by atoms with van der Waals surface area (Å²) in [6.45, 7) is 0. The molecule has 0 heterocycles. The molecule has 2 rings (SSSR count). The van der Waals surface area contributed by atoms with Crippen LogP contribution in [0.4, 0.5) is 17.1 Å². The van der Waals surface area contributed by atoms with Gasteiger partial charge in [-0.25, -0.2) is 0 Å². The third-order valence-corrected chi connectivity index (χ3v) is 3.08. The standard InChI is InChI=1S/C12H10ClIN2/c13-11-7-9(15)4-5-12(11)16-10-3-1-2-8(14)6-10/h1-7,16H,15H2. The van der Waals surface area contributed by atoms with E-state index in [1.54, 1.807) is 6.07 Å². The van der Waals surface area contributed by atoms with Gasteiger partial charge in [0.1, 0.15) is 0 Å². The van der Waals surface area contributed by atoms with Gasteiger partial charge in [0.05, 0.1) is 10.7 Å². The van der Waals surface area contributed by atoms with Crippen molar-refractivity contribution in [2.45, 2.75) is 0 Å². The van der Waals surface area contributed by atoms with Gasteiger partial charge >= 0.3 is 0 Å². The Morgan fingerprint density at radius 3 is 2.62 bits per heavy atom. The van der Waals surface area contributed by atoms with Gasteiger partial charge in [0.15, 0.2) is 0 Å². The number of nitrogen functional groups attached to an aromatic ring is 1. The lowest BCUT2D eigenvalue weighted by Gasteiger charge is -2.09. The van der Waals surface area contributed by atoms with Gasteiger partial charge in [0, 0.05) is 14.9 Å². The third-order valence-electron chi connectivity index (χ3n) is 2.10. The lowest BCUT2D eigenvalue weighted by Crippen LogP contribution is -1.93. The second-order valence-corrected chi connectivity index (χ2v) is 5.03. The van der Waals surface area contributed by atoms with E-state index in [1.807, 2.05) is 36.4 Å². The van der Waals surface area contributed by atoms with Crippen molar-refractivity contribution in [1.29, 1.82) is 0 Å². The molecule has 2 aromatic carbocycles. The average molecular weight is 345 g/mol. The zero-order chi connectivity index (χ0) is 11.5. The van der Waals surface area contributed by atoms with E-state index in [0.717, 1.165) is 11.4 Å². The summed E-state index contributed by atoms with van der Waals surface area (Å²) in [5.41, 5.74) is 8.17. The molecule has 0 radical (unpaired) electrons. The van der Waals surface area contributed by atoms with Crippen LogP contribution in [0.1, 0.15) is 0 Å². The Morgan fingerprint density at radius 2 is 1.94 bits per heavy atom. The van der Waals surface area contributed by atoms with Crippen molar-refractivity contribution in [3.8, 4) is 0 Å². The predicted octanol–water partition coefficient (Wildman–Crippen LogP) is 4.27. The zero-order valence-corrected chi connectivity index (χ0v) is 11.3. The van der Waals surface area contributed by atoms with Crippen molar-refractivity contribution >= 4 is 51.3 Å². The highest BCUT2D eigenvalue weighted by molar-refractivity contribution is 14.1. The first-order chi connectivity index (χ1) is 7.65. The van der Waals surface area contributed by atoms with Crippen LogP contribution in [0, 0.1) is 3.57 Å². The number of nitrogens with two attached hydrogens (primary N) is 1. The third kappa shape index (κ3) is 2.80. The first-order valence-electron chi connectivity index (χ1n) is 4.73. The maximum absolute atomic E-state index is 6.07. The molecule has 2 aromatic rings. The summed E-state index contributed by atoms with van der Waals surface area (Å²) in [5, 5.41) is 3.87. The van der Waals surface area contributed by atoms with Crippen LogP contribution < -0.4 is 11.1 Å². The predicted molar refractivity (Wildman–Crippen MR) is 78.3 cm³/mol. The van der Waals surface area contributed by atoms with Crippen LogP contribution in [-0.4, -0.2) is 0 Å². The monoisotopic (exact) mass is 344 g/mol. The fraction of sp³-hybridized carbons (Fsp3) is 0. The molecule has 0 aliphatic heterocycles. The molecule has 0 bridgehead atoms. The highest BCUT2D eigenvalue weighted by Crippen LogP contribution is 2.27. The molecule has 0 saturated carbocycles. The van der Waals surface area contributed by atoms with E-state index in [-0.39, 0.29) is 0 Å². The molecule has 0 aliphatic rings. The molecule has 0 aromatic heterocycles. The molecular weight excluding hydrogens is 335 g/mol. The molecule has 4 heteroatoms. The van der Waals surface area contributed by atoms with Crippen LogP contribution in [0.2, 0.25) is 5.02 Å². The second kappa shape index (κ2) is 4.93. The SMILES string of the molecule is Nc1ccc(Nc2cccc(I)c2)c(Cl)c1. The smallest absolute Gasteiger partial charge is 0.0661 e. The van der Waals surface area contributed by atoms with Gasteiger partial charge in [-0.15, -0.1) is 0 Å². The molecule has 0 atom stereocenters. The second-order valence-electron chi connectivity index (χ2n) is 3.37. The van der Waals surface area contributed by atoms with Crippen LogP contribution >= 0.6 is 34.2 Å². The minimum Gasteiger partial charge on any atom is -0.399 e. The minimum atomic E-state index is 0.624. The van der Waals surface area contributed by atoms with Crippen LogP contribution in [0.15, 0.2) is 42.5 Å². The summed E-state index contributed by atoms with van der Waals surface area (Å²) < 4.78 is 1.18. The van der Waals surface area contributed by atoms with Crippen molar-refractivity contribution in [1.82, 2.24) is 0 Å². The van der Waals surface area contributed by atoms with E-state index in [9.17, 15) is 0 Å². The van der Waals surface area contributed by atoms with Crippen LogP contribution in [0.25, 0.3) is 0 Å². The van der Waals surface area contributed by atoms with Gasteiger partial charge in [-0.3, -0.25) is 0 Å². The Labute approximate surface area is 113 Å². The Kier molecular flexibility index (Phi) is 3.56. The number of anilines is 3. The van der Waals surface area contributed by atoms with Gasteiger partial charge in [0.2, 0.25) is 0 Å². The van der Waals surface area contributed by atoms with E-state index >= 15 is 0 Å². The molecule has 0 saturated heterocycles. The van der Waals surface area contributed by atoms with E-state index in [0.29, 0.717) is 10.7 Å². The molecule has 82 valence electrons. The van der Waals surface area contributed by atoms with Gasteiger partial charge in [0.25, 0.3) is 0 Å². The topological polar surface area (TPSA) is 38.0 Å². The van der Waals surface area contributed by atoms with E-state index in [2.05, 4.69) is 27.9 Å². The average Bonchev–Trinajstić information content (AvgIpc) is 2.22. The summed E-state index contributed by atoms with van der Waals surface area (Å²) in [6.07, 6.45) is 0. The van der Waals surface area contributed by atoms with E-state index in [4.69, 9.17) is 17.3 Å². The molecular formula is C12H10ClIN2. The first kappa shape index (κ1) is 11.5. The van der Waals surface area contributed by atoms with Gasteiger partial charge in [-0.05, 0) is 59.0 Å². The highest BCUT2D eigenvalue weighted by atomic mass is 127. The summed E-state index contributed by atoms with van der Waals surface area (Å²) in [6, 6.07) is 13.5. The zero-order valence-electron chi connectivity index (χ0n) is 8.37. The largest absolute Gasteiger partial charge is 0.399 e. The van der Waals surface area contributed by atoms with Crippen molar-refractivity contribution in [3.05, 3.63) is 51.1 Å². The Morgan fingerprint density at radius 1 is 1.12 bits per heavy atom. The number of hydrogen-bond acceptors (Lipinski definition) is 2. The number of benzene rings is 2. The van der Waals surface area contributed by atoms with E-state index < -0.39 is 0 Å². The molecule has 0 amide bonds. The Bertz CT molecular complexity index is 514. The summed E-state index contributed by atoms with van der Waals surface area (Å²) in [7, 11) is 0. The van der Waals surface area contributed by atoms with E-state index in [1.165, 1.54) is 3.57 Å². The van der Waals surface area contributed by atoms with Gasteiger partial charge in [-0.2, -0.15) is 0 Å². The van der Waals surface area contributed by atoms with Gasteiger partial charge < -0.3 is 11.1 Å². The molecule has 0 fully saturated rings. The van der Waals surface area contributed by atoms with Crippen LogP contribution in [0.5, 0.6) is 0 Å². The minimum absolute atomic E-state index is 0.624. The molecule has 0 spiro atoms. The molecule has 0 unspecified atom stereocenters. The highest BCUT2D eigenvalue weighted by Gasteiger charge is 2.01. The fourth-order valence-corrected chi connectivity index (χ4v) is 2.13. The number of rotatable bonds is 2. The Balaban J connectivity index is 2.27. The van der Waals surface area contributed by atoms with Crippen molar-refractivity contribution in [2.24, 2.45) is 0 Å². The molecule has 16 heavy (non-hydrogen) atoms. The maximum Gasteiger partial charge on any atom is 0.0661 e. The van der Waals surface area contributed by atoms with Gasteiger partial charge in [-0.1, -0.05) is 17.7 Å². The fourth-order valence-electron chi connectivity index (χ4n) is 1.35. The van der Waals surface area contributed by atoms with Crippen molar-refractivity contribution in [3.63, 3.8) is 0 Å². The number of halogens is 2. The molecule has 0 aliphatic carbocycles. The van der Waals surface area contributed by atoms with Crippen molar-refractivity contribution in [2.75, 3.05) is 11.1 Å². The summed E-state index contributed by atoms with van der Waals surface area (Å²) in [4.78, 5) is 0. The lowest BCUT2D eigenvalue weighted by molar-refractivity contribution is 1.53. The van der Waals surface area contributed by atoms with Crippen molar-refractivity contribution < 1.29 is 0 Å². The molecule has 3 N–H and O–H groups in total. The molecule has 2 nitrogen and oxygen atoms in total. The van der Waals surface area contributed by atoms with Crippen LogP contribution in [0.3, 0.4) is 0 Å². The number of hydrogen-bond donors (Lipinski definition) is 2. The lowest BCUT2D eigenvalue weighted by atomic mass is 10.2. The van der Waals surface area contributed by atoms with Crippen LogP contribution in [-0.2, 0) is 0 Å². The Hall–Kier alpha value is -0.940. The quantitative estimate of drug-likeness (QED) is 0.631. The number of nitrogens with one attached hydrogen (secondary N) is 1. The summed E-state index contributed by atoms with van der Waals surface area (Å²) in [5.74, 6) is 0. The first-order valence-corrected chi connectivity index (χ1v) is 6.18. The summed E-state index contributed by atoms with van der Waals surface area (Å²) >= 11 is 8.34. The normalized spacial score (nSPS) is 10.1. The maximum atomic E-state index is 6.07.